The Morgan fingerprint density at radius 3 is 2.47 bits per heavy atom. The van der Waals surface area contributed by atoms with Gasteiger partial charge in [-0.3, -0.25) is 4.79 Å². The maximum absolute atomic E-state index is 12.7. The molecule has 2 aromatic carbocycles. The monoisotopic (exact) mass is 423 g/mol. The summed E-state index contributed by atoms with van der Waals surface area (Å²) in [5, 5.41) is 5.14. The number of hydrogen-bond donors (Lipinski definition) is 1. The Bertz CT molecular complexity index is 1070. The van der Waals surface area contributed by atoms with Crippen LogP contribution in [0.5, 0.6) is 5.75 Å². The van der Waals surface area contributed by atoms with Crippen LogP contribution < -0.4 is 10.1 Å². The lowest BCUT2D eigenvalue weighted by molar-refractivity contribution is -0.118. The van der Waals surface area contributed by atoms with Gasteiger partial charge in [0.25, 0.3) is 5.91 Å². The molecule has 0 fully saturated rings. The molecule has 0 radical (unpaired) electrons. The number of hydrogen-bond acceptors (Lipinski definition) is 5. The van der Waals surface area contributed by atoms with Gasteiger partial charge in [0.05, 0.1) is 6.61 Å². The van der Waals surface area contributed by atoms with E-state index in [2.05, 4.69) is 11.4 Å². The van der Waals surface area contributed by atoms with E-state index in [-0.39, 0.29) is 19.1 Å². The van der Waals surface area contributed by atoms with Crippen molar-refractivity contribution in [1.82, 2.24) is 0 Å². The molecule has 156 valence electrons. The molecule has 1 N–H and O–H groups in total. The number of aryl methyl sites for hydroxylation is 3. The van der Waals surface area contributed by atoms with Crippen LogP contribution in [0.2, 0.25) is 0 Å². The molecule has 0 aliphatic carbocycles. The van der Waals surface area contributed by atoms with Gasteiger partial charge in [-0.15, -0.1) is 11.3 Å². The number of carbonyl (C=O) groups excluding carboxylic acids is 2. The van der Waals surface area contributed by atoms with Gasteiger partial charge < -0.3 is 14.8 Å². The first-order valence-electron chi connectivity index (χ1n) is 9.74. The zero-order chi connectivity index (χ0) is 21.7. The number of ether oxygens (including phenoxy) is 2. The van der Waals surface area contributed by atoms with E-state index in [4.69, 9.17) is 9.47 Å². The Morgan fingerprint density at radius 2 is 1.77 bits per heavy atom. The topological polar surface area (TPSA) is 64.6 Å². The molecule has 0 aliphatic rings. The molecule has 1 aromatic heterocycles. The highest BCUT2D eigenvalue weighted by molar-refractivity contribution is 7.15. The fourth-order valence-corrected chi connectivity index (χ4v) is 4.15. The van der Waals surface area contributed by atoms with Crippen LogP contribution in [0.4, 0.5) is 5.00 Å². The van der Waals surface area contributed by atoms with E-state index in [1.165, 1.54) is 11.3 Å². The van der Waals surface area contributed by atoms with Crippen LogP contribution in [-0.4, -0.2) is 25.1 Å². The fraction of sp³-hybridized carbons (Fsp3) is 0.250. The van der Waals surface area contributed by atoms with Crippen molar-refractivity contribution < 1.29 is 19.1 Å². The summed E-state index contributed by atoms with van der Waals surface area (Å²) in [4.78, 5) is 25.2. The number of carbonyl (C=O) groups is 2. The van der Waals surface area contributed by atoms with Crippen molar-refractivity contribution in [3.63, 3.8) is 0 Å². The molecule has 0 aliphatic heterocycles. The van der Waals surface area contributed by atoms with E-state index in [9.17, 15) is 9.59 Å². The Labute approximate surface area is 180 Å². The molecule has 6 heteroatoms. The maximum Gasteiger partial charge on any atom is 0.341 e. The van der Waals surface area contributed by atoms with Crippen LogP contribution in [0.1, 0.15) is 34.0 Å². The molecule has 3 aromatic rings. The molecule has 0 atom stereocenters. The van der Waals surface area contributed by atoms with Crippen LogP contribution in [0.25, 0.3) is 11.1 Å². The molecule has 0 saturated carbocycles. The fourth-order valence-electron chi connectivity index (χ4n) is 3.19. The molecule has 0 spiro atoms. The minimum Gasteiger partial charge on any atom is -0.484 e. The summed E-state index contributed by atoms with van der Waals surface area (Å²) in [5.41, 5.74) is 5.32. The quantitative estimate of drug-likeness (QED) is 0.507. The van der Waals surface area contributed by atoms with Crippen molar-refractivity contribution in [1.29, 1.82) is 0 Å². The van der Waals surface area contributed by atoms with Crippen molar-refractivity contribution in [3.8, 4) is 16.9 Å². The number of nitrogens with one attached hydrogen (secondary N) is 1. The van der Waals surface area contributed by atoms with E-state index in [0.29, 0.717) is 16.3 Å². The molecule has 30 heavy (non-hydrogen) atoms. The number of benzene rings is 2. The second kappa shape index (κ2) is 9.59. The number of esters is 1. The van der Waals surface area contributed by atoms with Gasteiger partial charge in [0, 0.05) is 10.9 Å². The molecule has 3 rings (SSSR count). The smallest absolute Gasteiger partial charge is 0.341 e. The number of thiophene rings is 1. The molecular weight excluding hydrogens is 398 g/mol. The van der Waals surface area contributed by atoms with Crippen molar-refractivity contribution in [2.24, 2.45) is 0 Å². The van der Waals surface area contributed by atoms with Gasteiger partial charge in [-0.2, -0.15) is 0 Å². The highest BCUT2D eigenvalue weighted by Crippen LogP contribution is 2.37. The van der Waals surface area contributed by atoms with Gasteiger partial charge in [0.2, 0.25) is 0 Å². The lowest BCUT2D eigenvalue weighted by atomic mass is 9.97. The van der Waals surface area contributed by atoms with Gasteiger partial charge in [0.15, 0.2) is 6.61 Å². The Balaban J connectivity index is 1.84. The highest BCUT2D eigenvalue weighted by atomic mass is 32.1. The second-order valence-electron chi connectivity index (χ2n) is 7.05. The van der Waals surface area contributed by atoms with Crippen LogP contribution in [0.15, 0.2) is 47.8 Å². The van der Waals surface area contributed by atoms with Crippen LogP contribution in [-0.2, 0) is 9.53 Å². The van der Waals surface area contributed by atoms with E-state index >= 15 is 0 Å². The normalized spacial score (nSPS) is 10.5. The molecule has 0 bridgehead atoms. The van der Waals surface area contributed by atoms with E-state index in [1.807, 2.05) is 56.5 Å². The van der Waals surface area contributed by atoms with Crippen molar-refractivity contribution >= 4 is 28.2 Å². The molecule has 1 amide bonds. The molecule has 5 nitrogen and oxygen atoms in total. The minimum absolute atomic E-state index is 0.150. The van der Waals surface area contributed by atoms with Gasteiger partial charge in [0.1, 0.15) is 16.3 Å². The molecular formula is C24H25NO4S. The second-order valence-corrected chi connectivity index (χ2v) is 7.93. The van der Waals surface area contributed by atoms with Crippen LogP contribution >= 0.6 is 11.3 Å². The van der Waals surface area contributed by atoms with Crippen molar-refractivity contribution in [2.45, 2.75) is 27.7 Å². The standard InChI is InChI=1S/C24H25NO4S/c1-5-28-24(27)22-20(19-10-9-16(3)11-17(19)4)14-30-23(22)25-21(26)13-29-18-8-6-7-15(2)12-18/h6-12,14H,5,13H2,1-4H3,(H,25,26). The summed E-state index contributed by atoms with van der Waals surface area (Å²) in [7, 11) is 0. The Morgan fingerprint density at radius 1 is 1.00 bits per heavy atom. The molecule has 0 unspecified atom stereocenters. The molecule has 1 heterocycles. The van der Waals surface area contributed by atoms with Crippen molar-refractivity contribution in [2.75, 3.05) is 18.5 Å². The largest absolute Gasteiger partial charge is 0.484 e. The van der Waals surface area contributed by atoms with E-state index in [0.717, 1.165) is 27.8 Å². The SMILES string of the molecule is CCOC(=O)c1c(-c2ccc(C)cc2C)csc1NC(=O)COc1cccc(C)c1. The summed E-state index contributed by atoms with van der Waals surface area (Å²) < 4.78 is 10.8. The molecule has 0 saturated heterocycles. The average molecular weight is 424 g/mol. The number of rotatable bonds is 7. The highest BCUT2D eigenvalue weighted by Gasteiger charge is 2.23. The van der Waals surface area contributed by atoms with E-state index in [1.54, 1.807) is 13.0 Å². The van der Waals surface area contributed by atoms with Crippen LogP contribution in [0.3, 0.4) is 0 Å². The minimum atomic E-state index is -0.455. The van der Waals surface area contributed by atoms with Crippen LogP contribution in [0, 0.1) is 20.8 Å². The van der Waals surface area contributed by atoms with Gasteiger partial charge in [-0.25, -0.2) is 4.79 Å². The third kappa shape index (κ3) is 5.07. The third-order valence-electron chi connectivity index (χ3n) is 4.56. The van der Waals surface area contributed by atoms with Crippen molar-refractivity contribution in [3.05, 3.63) is 70.1 Å². The summed E-state index contributed by atoms with van der Waals surface area (Å²) >= 11 is 1.30. The Kier molecular flexibility index (Phi) is 6.90. The van der Waals surface area contributed by atoms with Gasteiger partial charge >= 0.3 is 5.97 Å². The average Bonchev–Trinajstić information content (AvgIpc) is 3.10. The van der Waals surface area contributed by atoms with Gasteiger partial charge in [-0.1, -0.05) is 35.9 Å². The predicted molar refractivity (Wildman–Crippen MR) is 120 cm³/mol. The maximum atomic E-state index is 12.7. The zero-order valence-electron chi connectivity index (χ0n) is 17.6. The van der Waals surface area contributed by atoms with Gasteiger partial charge in [-0.05, 0) is 56.5 Å². The predicted octanol–water partition coefficient (Wildman–Crippen LogP) is 5.53. The summed E-state index contributed by atoms with van der Waals surface area (Å²) in [5.74, 6) is -0.169. The first-order valence-corrected chi connectivity index (χ1v) is 10.6. The number of anilines is 1. The lowest BCUT2D eigenvalue weighted by Gasteiger charge is -2.11. The summed E-state index contributed by atoms with van der Waals surface area (Å²) in [6, 6.07) is 13.5. The number of amides is 1. The van der Waals surface area contributed by atoms with E-state index < -0.39 is 5.97 Å². The zero-order valence-corrected chi connectivity index (χ0v) is 18.4. The first-order chi connectivity index (χ1) is 14.4. The summed E-state index contributed by atoms with van der Waals surface area (Å²) in [6.07, 6.45) is 0. The first kappa shape index (κ1) is 21.6. The summed E-state index contributed by atoms with van der Waals surface area (Å²) in [6.45, 7) is 7.85. The Hall–Kier alpha value is -3.12. The third-order valence-corrected chi connectivity index (χ3v) is 5.45. The lowest BCUT2D eigenvalue weighted by Crippen LogP contribution is -2.21.